The SMILES string of the molecule is CCCNCc1occc1CN(CC)C(C)C. The molecule has 1 heterocycles. The predicted octanol–water partition coefficient (Wildman–Crippen LogP) is 3.01. The number of furan rings is 1. The van der Waals surface area contributed by atoms with Gasteiger partial charge in [0.2, 0.25) is 0 Å². The Labute approximate surface area is 105 Å². The Morgan fingerprint density at radius 3 is 2.71 bits per heavy atom. The fourth-order valence-corrected chi connectivity index (χ4v) is 1.92. The molecule has 3 heteroatoms. The van der Waals surface area contributed by atoms with Crippen LogP contribution in [0.3, 0.4) is 0 Å². The van der Waals surface area contributed by atoms with Crippen LogP contribution in [0.4, 0.5) is 0 Å². The highest BCUT2D eigenvalue weighted by molar-refractivity contribution is 5.17. The lowest BCUT2D eigenvalue weighted by atomic mass is 10.2. The van der Waals surface area contributed by atoms with Crippen LogP contribution in [-0.4, -0.2) is 24.0 Å². The molecule has 0 radical (unpaired) electrons. The summed E-state index contributed by atoms with van der Waals surface area (Å²) in [4.78, 5) is 2.44. The van der Waals surface area contributed by atoms with Crippen LogP contribution in [0.25, 0.3) is 0 Å². The van der Waals surface area contributed by atoms with Crippen LogP contribution >= 0.6 is 0 Å². The first kappa shape index (κ1) is 14.3. The topological polar surface area (TPSA) is 28.4 Å². The molecule has 0 saturated heterocycles. The Bertz CT molecular complexity index is 307. The zero-order chi connectivity index (χ0) is 12.7. The van der Waals surface area contributed by atoms with Gasteiger partial charge in [-0.3, -0.25) is 4.90 Å². The molecule has 0 fully saturated rings. The monoisotopic (exact) mass is 238 g/mol. The summed E-state index contributed by atoms with van der Waals surface area (Å²) in [5.74, 6) is 1.08. The molecular weight excluding hydrogens is 212 g/mol. The molecule has 1 aromatic rings. The van der Waals surface area contributed by atoms with Crippen LogP contribution in [0, 0.1) is 0 Å². The summed E-state index contributed by atoms with van der Waals surface area (Å²) in [5.41, 5.74) is 1.31. The lowest BCUT2D eigenvalue weighted by Crippen LogP contribution is -2.30. The molecule has 0 aliphatic carbocycles. The van der Waals surface area contributed by atoms with E-state index in [2.05, 4.69) is 44.0 Å². The van der Waals surface area contributed by atoms with Gasteiger partial charge in [-0.25, -0.2) is 0 Å². The molecule has 0 unspecified atom stereocenters. The minimum absolute atomic E-state index is 0.575. The highest BCUT2D eigenvalue weighted by atomic mass is 16.3. The first-order valence-electron chi connectivity index (χ1n) is 6.69. The molecule has 0 bridgehead atoms. The second-order valence-electron chi connectivity index (χ2n) is 4.70. The van der Waals surface area contributed by atoms with Gasteiger partial charge in [0.15, 0.2) is 0 Å². The van der Waals surface area contributed by atoms with E-state index in [1.807, 2.05) is 0 Å². The van der Waals surface area contributed by atoms with Gasteiger partial charge in [-0.15, -0.1) is 0 Å². The molecule has 0 aliphatic rings. The van der Waals surface area contributed by atoms with E-state index in [-0.39, 0.29) is 0 Å². The van der Waals surface area contributed by atoms with E-state index in [1.165, 1.54) is 5.56 Å². The fraction of sp³-hybridized carbons (Fsp3) is 0.714. The van der Waals surface area contributed by atoms with E-state index < -0.39 is 0 Å². The summed E-state index contributed by atoms with van der Waals surface area (Å²) in [5, 5.41) is 3.39. The zero-order valence-corrected chi connectivity index (χ0v) is 11.6. The molecule has 3 nitrogen and oxygen atoms in total. The van der Waals surface area contributed by atoms with Crippen molar-refractivity contribution in [3.8, 4) is 0 Å². The Balaban J connectivity index is 2.55. The molecule has 17 heavy (non-hydrogen) atoms. The average Bonchev–Trinajstić information content (AvgIpc) is 2.73. The third-order valence-electron chi connectivity index (χ3n) is 3.06. The third-order valence-corrected chi connectivity index (χ3v) is 3.06. The summed E-state index contributed by atoms with van der Waals surface area (Å²) in [6, 6.07) is 2.67. The second kappa shape index (κ2) is 7.51. The van der Waals surface area contributed by atoms with E-state index in [1.54, 1.807) is 6.26 Å². The lowest BCUT2D eigenvalue weighted by molar-refractivity contribution is 0.223. The number of rotatable bonds is 8. The highest BCUT2D eigenvalue weighted by Crippen LogP contribution is 2.14. The first-order valence-corrected chi connectivity index (χ1v) is 6.69. The summed E-state index contributed by atoms with van der Waals surface area (Å²) >= 11 is 0. The Morgan fingerprint density at radius 2 is 2.12 bits per heavy atom. The minimum atomic E-state index is 0.575. The summed E-state index contributed by atoms with van der Waals surface area (Å²) < 4.78 is 5.55. The third kappa shape index (κ3) is 4.52. The van der Waals surface area contributed by atoms with Crippen LogP contribution in [0.1, 0.15) is 45.4 Å². The minimum Gasteiger partial charge on any atom is -0.468 e. The molecular formula is C14H26N2O. The van der Waals surface area contributed by atoms with Crippen molar-refractivity contribution in [2.75, 3.05) is 13.1 Å². The lowest BCUT2D eigenvalue weighted by Gasteiger charge is -2.24. The molecule has 0 aliphatic heterocycles. The average molecular weight is 238 g/mol. The van der Waals surface area contributed by atoms with Gasteiger partial charge >= 0.3 is 0 Å². The van der Waals surface area contributed by atoms with E-state index in [4.69, 9.17) is 4.42 Å². The first-order chi connectivity index (χ1) is 8.19. The molecule has 1 aromatic heterocycles. The van der Waals surface area contributed by atoms with E-state index in [0.717, 1.165) is 38.4 Å². The highest BCUT2D eigenvalue weighted by Gasteiger charge is 2.12. The van der Waals surface area contributed by atoms with E-state index in [0.29, 0.717) is 6.04 Å². The predicted molar refractivity (Wildman–Crippen MR) is 71.9 cm³/mol. The van der Waals surface area contributed by atoms with Gasteiger partial charge in [-0.05, 0) is 39.4 Å². The normalized spacial score (nSPS) is 11.6. The number of hydrogen-bond donors (Lipinski definition) is 1. The second-order valence-corrected chi connectivity index (χ2v) is 4.70. The van der Waals surface area contributed by atoms with Gasteiger partial charge in [0.1, 0.15) is 5.76 Å². The van der Waals surface area contributed by atoms with Gasteiger partial charge < -0.3 is 9.73 Å². The van der Waals surface area contributed by atoms with Crippen molar-refractivity contribution in [2.24, 2.45) is 0 Å². The van der Waals surface area contributed by atoms with Gasteiger partial charge in [0.25, 0.3) is 0 Å². The van der Waals surface area contributed by atoms with Crippen molar-refractivity contribution in [3.05, 3.63) is 23.7 Å². The van der Waals surface area contributed by atoms with Crippen molar-refractivity contribution in [1.82, 2.24) is 10.2 Å². The summed E-state index contributed by atoms with van der Waals surface area (Å²) in [6.07, 6.45) is 2.95. The number of nitrogens with one attached hydrogen (secondary N) is 1. The largest absolute Gasteiger partial charge is 0.468 e. The van der Waals surface area contributed by atoms with Crippen molar-refractivity contribution in [1.29, 1.82) is 0 Å². The Morgan fingerprint density at radius 1 is 1.35 bits per heavy atom. The maximum absolute atomic E-state index is 5.55. The van der Waals surface area contributed by atoms with Gasteiger partial charge in [-0.1, -0.05) is 13.8 Å². The Kier molecular flexibility index (Phi) is 6.30. The van der Waals surface area contributed by atoms with Crippen LogP contribution in [-0.2, 0) is 13.1 Å². The number of nitrogens with zero attached hydrogens (tertiary/aromatic N) is 1. The van der Waals surface area contributed by atoms with Gasteiger partial charge in [0, 0.05) is 18.2 Å². The molecule has 1 rings (SSSR count). The maximum atomic E-state index is 5.55. The van der Waals surface area contributed by atoms with Crippen molar-refractivity contribution < 1.29 is 4.42 Å². The molecule has 0 saturated carbocycles. The Hall–Kier alpha value is -0.800. The molecule has 0 spiro atoms. The molecule has 0 atom stereocenters. The van der Waals surface area contributed by atoms with Crippen molar-refractivity contribution >= 4 is 0 Å². The van der Waals surface area contributed by atoms with Crippen molar-refractivity contribution in [2.45, 2.75) is 53.2 Å². The molecule has 1 N–H and O–H groups in total. The smallest absolute Gasteiger partial charge is 0.122 e. The van der Waals surface area contributed by atoms with E-state index >= 15 is 0 Å². The summed E-state index contributed by atoms with van der Waals surface area (Å²) in [6.45, 7) is 12.8. The molecule has 98 valence electrons. The maximum Gasteiger partial charge on any atom is 0.122 e. The van der Waals surface area contributed by atoms with Crippen LogP contribution in [0.5, 0.6) is 0 Å². The van der Waals surface area contributed by atoms with Gasteiger partial charge in [0.05, 0.1) is 12.8 Å². The van der Waals surface area contributed by atoms with Crippen molar-refractivity contribution in [3.63, 3.8) is 0 Å². The van der Waals surface area contributed by atoms with E-state index in [9.17, 15) is 0 Å². The quantitative estimate of drug-likeness (QED) is 0.706. The summed E-state index contributed by atoms with van der Waals surface area (Å²) in [7, 11) is 0. The molecule has 0 amide bonds. The molecule has 0 aromatic carbocycles. The zero-order valence-electron chi connectivity index (χ0n) is 11.6. The van der Waals surface area contributed by atoms with Gasteiger partial charge in [-0.2, -0.15) is 0 Å². The number of hydrogen-bond acceptors (Lipinski definition) is 3. The van der Waals surface area contributed by atoms with Crippen LogP contribution < -0.4 is 5.32 Å². The standard InChI is InChI=1S/C14H26N2O/c1-5-8-15-10-14-13(7-9-17-14)11-16(6-2)12(3)4/h7,9,12,15H,5-6,8,10-11H2,1-4H3. The van der Waals surface area contributed by atoms with Crippen LogP contribution in [0.15, 0.2) is 16.7 Å². The van der Waals surface area contributed by atoms with Crippen LogP contribution in [0.2, 0.25) is 0 Å². The fourth-order valence-electron chi connectivity index (χ4n) is 1.92.